The van der Waals surface area contributed by atoms with Crippen molar-refractivity contribution in [2.75, 3.05) is 11.4 Å². The molecule has 0 N–H and O–H groups in total. The van der Waals surface area contributed by atoms with Crippen molar-refractivity contribution in [2.24, 2.45) is 0 Å². The average molecular weight is 343 g/mol. The number of anilines is 1. The minimum Gasteiger partial charge on any atom is -0.365 e. The van der Waals surface area contributed by atoms with E-state index in [0.29, 0.717) is 11.8 Å². The maximum Gasteiger partial charge on any atom is 0.258 e. The van der Waals surface area contributed by atoms with Crippen LogP contribution in [0.1, 0.15) is 19.0 Å². The first kappa shape index (κ1) is 14.8. The molecular weight excluding hydrogens is 326 g/mol. The summed E-state index contributed by atoms with van der Waals surface area (Å²) in [5.41, 5.74) is 2.08. The van der Waals surface area contributed by atoms with Gasteiger partial charge in [-0.1, -0.05) is 19.1 Å². The highest BCUT2D eigenvalue weighted by Gasteiger charge is 2.20. The lowest BCUT2D eigenvalue weighted by Crippen LogP contribution is -2.26. The van der Waals surface area contributed by atoms with Crippen molar-refractivity contribution in [1.82, 2.24) is 9.38 Å². The van der Waals surface area contributed by atoms with Crippen molar-refractivity contribution in [3.05, 3.63) is 58.0 Å². The van der Waals surface area contributed by atoms with Gasteiger partial charge in [0.25, 0.3) is 5.56 Å². The van der Waals surface area contributed by atoms with Crippen LogP contribution in [-0.4, -0.2) is 21.2 Å². The lowest BCUT2D eigenvalue weighted by molar-refractivity contribution is 0.720. The molecule has 3 aromatic rings. The molecule has 1 aliphatic rings. The second-order valence-electron chi connectivity index (χ2n) is 5.75. The van der Waals surface area contributed by atoms with Gasteiger partial charge in [-0.2, -0.15) is 0 Å². The molecule has 23 heavy (non-hydrogen) atoms. The van der Waals surface area contributed by atoms with Crippen LogP contribution in [0.25, 0.3) is 4.96 Å². The van der Waals surface area contributed by atoms with Gasteiger partial charge in [0.05, 0.1) is 17.9 Å². The first-order valence-corrected chi connectivity index (χ1v) is 9.43. The number of fused-ring (bicyclic) bond motifs is 2. The summed E-state index contributed by atoms with van der Waals surface area (Å²) < 4.78 is 1.60. The molecule has 0 aliphatic carbocycles. The molecule has 118 valence electrons. The van der Waals surface area contributed by atoms with Gasteiger partial charge in [-0.25, -0.2) is 4.98 Å². The molecule has 0 spiro atoms. The predicted octanol–water partition coefficient (Wildman–Crippen LogP) is 3.65. The number of benzene rings is 1. The van der Waals surface area contributed by atoms with Crippen LogP contribution in [0.15, 0.2) is 51.6 Å². The third-order valence-electron chi connectivity index (χ3n) is 4.05. The molecule has 0 radical (unpaired) electrons. The van der Waals surface area contributed by atoms with E-state index in [-0.39, 0.29) is 5.56 Å². The standard InChI is InChI=1S/C17H17N3OS2/c1-12-6-7-19(14-4-2-3-5-15(14)23-12)11-13-10-16(21)20-8-9-22-17(20)18-13/h2-5,8-10,12H,6-7,11H2,1H3. The lowest BCUT2D eigenvalue weighted by atomic mass is 10.2. The first-order chi connectivity index (χ1) is 11.2. The fraction of sp³-hybridized carbons (Fsp3) is 0.294. The quantitative estimate of drug-likeness (QED) is 0.712. The van der Waals surface area contributed by atoms with Crippen LogP contribution < -0.4 is 10.5 Å². The van der Waals surface area contributed by atoms with E-state index in [1.54, 1.807) is 16.7 Å². The number of nitrogens with zero attached hydrogens (tertiary/aromatic N) is 3. The van der Waals surface area contributed by atoms with E-state index >= 15 is 0 Å². The molecule has 4 nitrogen and oxygen atoms in total. The molecule has 0 fully saturated rings. The zero-order valence-electron chi connectivity index (χ0n) is 12.8. The molecular formula is C17H17N3OS2. The Hall–Kier alpha value is -1.79. The molecule has 0 amide bonds. The van der Waals surface area contributed by atoms with Gasteiger partial charge in [0.15, 0.2) is 4.96 Å². The van der Waals surface area contributed by atoms with Gasteiger partial charge in [-0.05, 0) is 18.6 Å². The van der Waals surface area contributed by atoms with Crippen molar-refractivity contribution in [3.63, 3.8) is 0 Å². The summed E-state index contributed by atoms with van der Waals surface area (Å²) in [6, 6.07) is 10.2. The van der Waals surface area contributed by atoms with E-state index in [2.05, 4.69) is 41.1 Å². The molecule has 3 heterocycles. The van der Waals surface area contributed by atoms with E-state index in [1.165, 1.54) is 21.9 Å². The number of hydrogen-bond acceptors (Lipinski definition) is 5. The highest BCUT2D eigenvalue weighted by atomic mass is 32.2. The third-order valence-corrected chi connectivity index (χ3v) is 6.04. The van der Waals surface area contributed by atoms with Crippen molar-refractivity contribution in [3.8, 4) is 0 Å². The summed E-state index contributed by atoms with van der Waals surface area (Å²) in [6.45, 7) is 3.93. The number of rotatable bonds is 2. The molecule has 4 rings (SSSR count). The first-order valence-electron chi connectivity index (χ1n) is 7.67. The van der Waals surface area contributed by atoms with E-state index in [9.17, 15) is 4.79 Å². The van der Waals surface area contributed by atoms with Crippen LogP contribution in [0.3, 0.4) is 0 Å². The molecule has 2 aromatic heterocycles. The molecule has 6 heteroatoms. The molecule has 1 aliphatic heterocycles. The van der Waals surface area contributed by atoms with Gasteiger partial charge in [0.1, 0.15) is 0 Å². The van der Waals surface area contributed by atoms with Crippen LogP contribution in [-0.2, 0) is 6.54 Å². The minimum absolute atomic E-state index is 0.00269. The maximum absolute atomic E-state index is 12.2. The number of hydrogen-bond donors (Lipinski definition) is 0. The Kier molecular flexibility index (Phi) is 3.87. The van der Waals surface area contributed by atoms with Crippen LogP contribution in [0.2, 0.25) is 0 Å². The normalized spacial score (nSPS) is 18.0. The summed E-state index contributed by atoms with van der Waals surface area (Å²) in [6.07, 6.45) is 2.90. The van der Waals surface area contributed by atoms with Crippen LogP contribution in [0.4, 0.5) is 5.69 Å². The monoisotopic (exact) mass is 343 g/mol. The summed E-state index contributed by atoms with van der Waals surface area (Å²) in [4.78, 5) is 21.2. The number of thiazole rings is 1. The second kappa shape index (κ2) is 6.02. The van der Waals surface area contributed by atoms with Crippen molar-refractivity contribution in [1.29, 1.82) is 0 Å². The van der Waals surface area contributed by atoms with Crippen LogP contribution in [0, 0.1) is 0 Å². The minimum atomic E-state index is -0.00269. The Morgan fingerprint density at radius 3 is 3.13 bits per heavy atom. The number of para-hydroxylation sites is 1. The second-order valence-corrected chi connectivity index (χ2v) is 8.10. The summed E-state index contributed by atoms with van der Waals surface area (Å²) in [7, 11) is 0. The van der Waals surface area contributed by atoms with E-state index in [4.69, 9.17) is 0 Å². The fourth-order valence-corrected chi connectivity index (χ4v) is 4.75. The average Bonchev–Trinajstić information content (AvgIpc) is 2.95. The van der Waals surface area contributed by atoms with E-state index < -0.39 is 0 Å². The van der Waals surface area contributed by atoms with Gasteiger partial charge in [0.2, 0.25) is 0 Å². The zero-order chi connectivity index (χ0) is 15.8. The molecule has 0 saturated heterocycles. The third kappa shape index (κ3) is 2.88. The van der Waals surface area contributed by atoms with Crippen molar-refractivity contribution < 1.29 is 0 Å². The SMILES string of the molecule is CC1CCN(Cc2cc(=O)n3ccsc3n2)c2ccccc2S1. The molecule has 0 saturated carbocycles. The van der Waals surface area contributed by atoms with E-state index in [0.717, 1.165) is 23.6 Å². The maximum atomic E-state index is 12.2. The topological polar surface area (TPSA) is 37.6 Å². The number of aromatic nitrogens is 2. The largest absolute Gasteiger partial charge is 0.365 e. The van der Waals surface area contributed by atoms with Gasteiger partial charge in [-0.15, -0.1) is 23.1 Å². The highest BCUT2D eigenvalue weighted by molar-refractivity contribution is 8.00. The zero-order valence-corrected chi connectivity index (χ0v) is 14.4. The lowest BCUT2D eigenvalue weighted by Gasteiger charge is -2.24. The summed E-state index contributed by atoms with van der Waals surface area (Å²) >= 11 is 3.43. The van der Waals surface area contributed by atoms with Gasteiger partial charge in [0, 0.05) is 34.3 Å². The molecule has 1 atom stereocenters. The van der Waals surface area contributed by atoms with Crippen molar-refractivity contribution in [2.45, 2.75) is 30.0 Å². The molecule has 1 aromatic carbocycles. The van der Waals surface area contributed by atoms with Gasteiger partial charge >= 0.3 is 0 Å². The fourth-order valence-electron chi connectivity index (χ4n) is 2.88. The Bertz CT molecular complexity index is 902. The molecule has 1 unspecified atom stereocenters. The highest BCUT2D eigenvalue weighted by Crippen LogP contribution is 2.37. The predicted molar refractivity (Wildman–Crippen MR) is 96.8 cm³/mol. The van der Waals surface area contributed by atoms with E-state index in [1.807, 2.05) is 17.1 Å². The van der Waals surface area contributed by atoms with Gasteiger partial charge < -0.3 is 4.90 Å². The van der Waals surface area contributed by atoms with Crippen LogP contribution in [0.5, 0.6) is 0 Å². The Morgan fingerprint density at radius 1 is 1.35 bits per heavy atom. The Morgan fingerprint density at radius 2 is 2.22 bits per heavy atom. The van der Waals surface area contributed by atoms with Gasteiger partial charge in [-0.3, -0.25) is 9.20 Å². The summed E-state index contributed by atoms with van der Waals surface area (Å²) in [5.74, 6) is 0. The smallest absolute Gasteiger partial charge is 0.258 e. The molecule has 0 bridgehead atoms. The van der Waals surface area contributed by atoms with Crippen LogP contribution >= 0.6 is 23.1 Å². The summed E-state index contributed by atoms with van der Waals surface area (Å²) in [5, 5.41) is 2.49. The Balaban J connectivity index is 1.71. The Labute approximate surface area is 142 Å². The van der Waals surface area contributed by atoms with Crippen molar-refractivity contribution >= 4 is 33.7 Å². The number of thioether (sulfide) groups is 1.